The lowest BCUT2D eigenvalue weighted by molar-refractivity contribution is 0.0696. The number of benzene rings is 2. The van der Waals surface area contributed by atoms with Gasteiger partial charge in [-0.1, -0.05) is 12.1 Å². The van der Waals surface area contributed by atoms with Gasteiger partial charge in [0.15, 0.2) is 0 Å². The number of carboxylic acids is 1. The fraction of sp³-hybridized carbons (Fsp3) is 0.250. The van der Waals surface area contributed by atoms with Crippen LogP contribution >= 0.6 is 0 Å². The van der Waals surface area contributed by atoms with Gasteiger partial charge in [-0.2, -0.15) is 5.10 Å². The lowest BCUT2D eigenvalue weighted by Crippen LogP contribution is -2.25. The van der Waals surface area contributed by atoms with Crippen LogP contribution in [0.1, 0.15) is 39.6 Å². The number of hydrogen-bond donors (Lipinski definition) is 2. The van der Waals surface area contributed by atoms with Gasteiger partial charge in [-0.25, -0.2) is 4.79 Å². The van der Waals surface area contributed by atoms with E-state index in [9.17, 15) is 9.59 Å². The van der Waals surface area contributed by atoms with Gasteiger partial charge in [-0.3, -0.25) is 9.80 Å². The third-order valence-electron chi connectivity index (χ3n) is 4.28. The zero-order valence-electron chi connectivity index (χ0n) is 14.6. The maximum absolute atomic E-state index is 12.2. The molecule has 6 heteroatoms. The maximum atomic E-state index is 12.2. The van der Waals surface area contributed by atoms with E-state index in [0.29, 0.717) is 18.5 Å². The molecule has 0 fully saturated rings. The zero-order chi connectivity index (χ0) is 18.5. The Labute approximate surface area is 152 Å². The van der Waals surface area contributed by atoms with Crippen molar-refractivity contribution in [3.63, 3.8) is 0 Å². The Morgan fingerprint density at radius 2 is 1.92 bits per heavy atom. The highest BCUT2D eigenvalue weighted by atomic mass is 16.4. The Hall–Kier alpha value is -3.15. The van der Waals surface area contributed by atoms with Gasteiger partial charge in [0.1, 0.15) is 0 Å². The van der Waals surface area contributed by atoms with Gasteiger partial charge in [-0.15, -0.1) is 0 Å². The summed E-state index contributed by atoms with van der Waals surface area (Å²) in [4.78, 5) is 23.2. The molecular weight excluding hydrogens is 330 g/mol. The van der Waals surface area contributed by atoms with Crippen LogP contribution < -0.4 is 10.3 Å². The summed E-state index contributed by atoms with van der Waals surface area (Å²) < 4.78 is 0. The minimum absolute atomic E-state index is 0.146. The van der Waals surface area contributed by atoms with Crippen molar-refractivity contribution in [1.82, 2.24) is 5.32 Å². The third kappa shape index (κ3) is 4.27. The van der Waals surface area contributed by atoms with E-state index >= 15 is 0 Å². The van der Waals surface area contributed by atoms with Crippen LogP contribution in [0.5, 0.6) is 0 Å². The van der Waals surface area contributed by atoms with Crippen molar-refractivity contribution in [2.75, 3.05) is 18.1 Å². The number of hydrazone groups is 1. The molecule has 1 aliphatic heterocycles. The molecule has 0 spiro atoms. The van der Waals surface area contributed by atoms with Crippen molar-refractivity contribution in [2.24, 2.45) is 5.10 Å². The topological polar surface area (TPSA) is 82.0 Å². The van der Waals surface area contributed by atoms with Crippen LogP contribution in [0.4, 0.5) is 5.69 Å². The van der Waals surface area contributed by atoms with E-state index in [1.165, 1.54) is 0 Å². The second-order valence-corrected chi connectivity index (χ2v) is 6.27. The van der Waals surface area contributed by atoms with Gasteiger partial charge in [-0.05, 0) is 55.3 Å². The Bertz CT molecular complexity index is 844. The minimum Gasteiger partial charge on any atom is -0.478 e. The molecule has 0 unspecified atom stereocenters. The van der Waals surface area contributed by atoms with E-state index in [1.807, 2.05) is 30.1 Å². The number of anilines is 1. The first-order chi connectivity index (χ1) is 12.5. The summed E-state index contributed by atoms with van der Waals surface area (Å²) in [6, 6.07) is 14.1. The van der Waals surface area contributed by atoms with E-state index in [4.69, 9.17) is 5.11 Å². The third-order valence-corrected chi connectivity index (χ3v) is 4.28. The van der Waals surface area contributed by atoms with Crippen LogP contribution in [0.25, 0.3) is 0 Å². The second kappa shape index (κ2) is 7.82. The molecule has 2 aromatic rings. The van der Waals surface area contributed by atoms with E-state index < -0.39 is 5.97 Å². The minimum atomic E-state index is -0.950. The SMILES string of the molecule is CC1=NN(c2ccc(C(=O)NCCc3cccc(C(=O)O)c3)cc2)CC1. The van der Waals surface area contributed by atoms with Crippen molar-refractivity contribution in [3.05, 3.63) is 65.2 Å². The maximum Gasteiger partial charge on any atom is 0.335 e. The lowest BCUT2D eigenvalue weighted by atomic mass is 10.1. The van der Waals surface area contributed by atoms with Crippen molar-refractivity contribution in [1.29, 1.82) is 0 Å². The number of carboxylic acid groups (broad SMARTS) is 1. The lowest BCUT2D eigenvalue weighted by Gasteiger charge is -2.14. The number of nitrogens with one attached hydrogen (secondary N) is 1. The summed E-state index contributed by atoms with van der Waals surface area (Å²) in [5, 5.41) is 18.3. The molecular formula is C20H21N3O3. The predicted octanol–water partition coefficient (Wildman–Crippen LogP) is 2.94. The number of hydrogen-bond acceptors (Lipinski definition) is 4. The average Bonchev–Trinajstić information content (AvgIpc) is 3.08. The number of aromatic carboxylic acids is 1. The van der Waals surface area contributed by atoms with Gasteiger partial charge >= 0.3 is 5.97 Å². The fourth-order valence-corrected chi connectivity index (χ4v) is 2.83. The fourth-order valence-electron chi connectivity index (χ4n) is 2.83. The van der Waals surface area contributed by atoms with Crippen molar-refractivity contribution >= 4 is 23.3 Å². The second-order valence-electron chi connectivity index (χ2n) is 6.27. The van der Waals surface area contributed by atoms with Gasteiger partial charge in [0.2, 0.25) is 0 Å². The molecule has 1 amide bonds. The predicted molar refractivity (Wildman–Crippen MR) is 101 cm³/mol. The average molecular weight is 351 g/mol. The van der Waals surface area contributed by atoms with E-state index in [0.717, 1.165) is 29.9 Å². The number of nitrogens with zero attached hydrogens (tertiary/aromatic N) is 2. The van der Waals surface area contributed by atoms with Crippen molar-refractivity contribution in [3.8, 4) is 0 Å². The molecule has 2 aromatic carbocycles. The highest BCUT2D eigenvalue weighted by Crippen LogP contribution is 2.19. The van der Waals surface area contributed by atoms with Crippen LogP contribution in [0, 0.1) is 0 Å². The molecule has 2 N–H and O–H groups in total. The normalized spacial score (nSPS) is 13.4. The Morgan fingerprint density at radius 3 is 2.58 bits per heavy atom. The number of carbonyl (C=O) groups is 2. The van der Waals surface area contributed by atoms with Gasteiger partial charge in [0, 0.05) is 30.8 Å². The Kier molecular flexibility index (Phi) is 5.31. The summed E-state index contributed by atoms with van der Waals surface area (Å²) in [5.41, 5.74) is 3.81. The highest BCUT2D eigenvalue weighted by molar-refractivity contribution is 5.94. The summed E-state index contributed by atoms with van der Waals surface area (Å²) >= 11 is 0. The smallest absolute Gasteiger partial charge is 0.335 e. The summed E-state index contributed by atoms with van der Waals surface area (Å²) in [5.74, 6) is -1.10. The number of carbonyl (C=O) groups excluding carboxylic acids is 1. The Morgan fingerprint density at radius 1 is 1.15 bits per heavy atom. The van der Waals surface area contributed by atoms with E-state index in [2.05, 4.69) is 10.4 Å². The van der Waals surface area contributed by atoms with Crippen molar-refractivity contribution < 1.29 is 14.7 Å². The molecule has 1 aliphatic rings. The molecule has 26 heavy (non-hydrogen) atoms. The van der Waals surface area contributed by atoms with Gasteiger partial charge < -0.3 is 10.4 Å². The molecule has 0 saturated carbocycles. The largest absolute Gasteiger partial charge is 0.478 e. The van der Waals surface area contributed by atoms with Crippen LogP contribution in [-0.4, -0.2) is 35.8 Å². The first-order valence-corrected chi connectivity index (χ1v) is 8.55. The first-order valence-electron chi connectivity index (χ1n) is 8.55. The summed E-state index contributed by atoms with van der Waals surface area (Å²) in [7, 11) is 0. The molecule has 0 aromatic heterocycles. The molecule has 0 aliphatic carbocycles. The quantitative estimate of drug-likeness (QED) is 0.838. The van der Waals surface area contributed by atoms with Crippen LogP contribution in [0.15, 0.2) is 53.6 Å². The molecule has 6 nitrogen and oxygen atoms in total. The zero-order valence-corrected chi connectivity index (χ0v) is 14.6. The molecule has 0 saturated heterocycles. The van der Waals surface area contributed by atoms with E-state index in [-0.39, 0.29) is 11.5 Å². The molecule has 0 radical (unpaired) electrons. The van der Waals surface area contributed by atoms with E-state index in [1.54, 1.807) is 30.3 Å². The molecule has 134 valence electrons. The standard InChI is InChI=1S/C20H21N3O3/c1-14-10-12-23(22-14)18-7-5-16(6-8-18)19(24)21-11-9-15-3-2-4-17(13-15)20(25)26/h2-8,13H,9-12H2,1H3,(H,21,24)(H,25,26). The number of rotatable bonds is 6. The molecule has 0 bridgehead atoms. The van der Waals surface area contributed by atoms with Gasteiger partial charge in [0.25, 0.3) is 5.91 Å². The van der Waals surface area contributed by atoms with Crippen molar-refractivity contribution in [2.45, 2.75) is 19.8 Å². The summed E-state index contributed by atoms with van der Waals surface area (Å²) in [6.07, 6.45) is 1.54. The molecule has 3 rings (SSSR count). The van der Waals surface area contributed by atoms with Crippen LogP contribution in [0.3, 0.4) is 0 Å². The van der Waals surface area contributed by atoms with Crippen LogP contribution in [0.2, 0.25) is 0 Å². The summed E-state index contributed by atoms with van der Waals surface area (Å²) in [6.45, 7) is 3.32. The molecule has 1 heterocycles. The first kappa shape index (κ1) is 17.7. The highest BCUT2D eigenvalue weighted by Gasteiger charge is 2.13. The van der Waals surface area contributed by atoms with Crippen LogP contribution in [-0.2, 0) is 6.42 Å². The monoisotopic (exact) mass is 351 g/mol. The molecule has 0 atom stereocenters. The Balaban J connectivity index is 1.53. The van der Waals surface area contributed by atoms with Gasteiger partial charge in [0.05, 0.1) is 11.3 Å². The number of amides is 1.